The monoisotopic (exact) mass is 429 g/mol. The molecule has 1 aliphatic rings. The van der Waals surface area contributed by atoms with Crippen molar-refractivity contribution < 1.29 is 23.7 Å². The SMILES string of the molecule is COc1cc2c(-c3ccccc3)nc3c(c2cc1OC)COc1c-3ccc(OC)c1OC. The summed E-state index contributed by atoms with van der Waals surface area (Å²) in [6.45, 7) is 0.347. The van der Waals surface area contributed by atoms with Crippen LogP contribution in [0.4, 0.5) is 0 Å². The number of nitrogens with zero attached hydrogens (tertiary/aromatic N) is 1. The number of aromatic nitrogens is 1. The molecule has 2 heterocycles. The zero-order valence-electron chi connectivity index (χ0n) is 18.4. The number of hydrogen-bond acceptors (Lipinski definition) is 6. The highest BCUT2D eigenvalue weighted by Gasteiger charge is 2.28. The summed E-state index contributed by atoms with van der Waals surface area (Å²) in [6.07, 6.45) is 0. The molecule has 1 aromatic heterocycles. The van der Waals surface area contributed by atoms with Crippen LogP contribution < -0.4 is 23.7 Å². The van der Waals surface area contributed by atoms with Gasteiger partial charge in [-0.2, -0.15) is 0 Å². The molecule has 1 aliphatic heterocycles. The first-order valence-corrected chi connectivity index (χ1v) is 10.2. The maximum absolute atomic E-state index is 6.18. The van der Waals surface area contributed by atoms with Gasteiger partial charge in [-0.15, -0.1) is 0 Å². The zero-order valence-corrected chi connectivity index (χ0v) is 18.4. The van der Waals surface area contributed by atoms with Crippen LogP contribution in [0.3, 0.4) is 0 Å². The molecule has 0 N–H and O–H groups in total. The van der Waals surface area contributed by atoms with Gasteiger partial charge < -0.3 is 23.7 Å². The summed E-state index contributed by atoms with van der Waals surface area (Å²) in [5, 5.41) is 1.98. The summed E-state index contributed by atoms with van der Waals surface area (Å²) in [7, 11) is 6.49. The van der Waals surface area contributed by atoms with Crippen LogP contribution in [-0.4, -0.2) is 33.4 Å². The molecule has 0 bridgehead atoms. The van der Waals surface area contributed by atoms with E-state index in [4.69, 9.17) is 28.7 Å². The Bertz CT molecular complexity index is 1320. The van der Waals surface area contributed by atoms with E-state index in [0.717, 1.165) is 38.9 Å². The van der Waals surface area contributed by atoms with Gasteiger partial charge in [-0.1, -0.05) is 30.3 Å². The largest absolute Gasteiger partial charge is 0.493 e. The van der Waals surface area contributed by atoms with Crippen LogP contribution in [0.15, 0.2) is 54.6 Å². The molecule has 0 radical (unpaired) electrons. The lowest BCUT2D eigenvalue weighted by Crippen LogP contribution is -2.10. The molecule has 0 saturated heterocycles. The predicted molar refractivity (Wildman–Crippen MR) is 123 cm³/mol. The second-order valence-electron chi connectivity index (χ2n) is 7.37. The van der Waals surface area contributed by atoms with E-state index < -0.39 is 0 Å². The van der Waals surface area contributed by atoms with Crippen molar-refractivity contribution in [1.29, 1.82) is 0 Å². The molecule has 0 atom stereocenters. The molecule has 32 heavy (non-hydrogen) atoms. The molecule has 0 fully saturated rings. The fourth-order valence-corrected chi connectivity index (χ4v) is 4.25. The third-order valence-corrected chi connectivity index (χ3v) is 5.78. The molecule has 0 aliphatic carbocycles. The molecule has 3 aromatic carbocycles. The summed E-state index contributed by atoms with van der Waals surface area (Å²) in [6, 6.07) is 17.9. The molecular weight excluding hydrogens is 406 g/mol. The third-order valence-electron chi connectivity index (χ3n) is 5.78. The Hall–Kier alpha value is -3.93. The van der Waals surface area contributed by atoms with Crippen molar-refractivity contribution in [3.8, 4) is 51.3 Å². The summed E-state index contributed by atoms with van der Waals surface area (Å²) < 4.78 is 28.4. The standard InChI is InChI=1S/C26H23NO5/c1-28-20-11-10-16-24-19(14-32-25(16)26(20)31-4)17-12-21(29-2)22(30-3)13-18(17)23(27-24)15-8-6-5-7-9-15/h5-13H,14H2,1-4H3. The van der Waals surface area contributed by atoms with Crippen molar-refractivity contribution >= 4 is 10.8 Å². The summed E-state index contributed by atoms with van der Waals surface area (Å²) >= 11 is 0. The van der Waals surface area contributed by atoms with E-state index >= 15 is 0 Å². The second kappa shape index (κ2) is 7.96. The molecule has 0 unspecified atom stereocenters. The van der Waals surface area contributed by atoms with Crippen molar-refractivity contribution in [1.82, 2.24) is 4.98 Å². The maximum Gasteiger partial charge on any atom is 0.204 e. The van der Waals surface area contributed by atoms with Crippen molar-refractivity contribution in [2.24, 2.45) is 0 Å². The molecule has 6 heteroatoms. The van der Waals surface area contributed by atoms with Gasteiger partial charge in [0, 0.05) is 22.1 Å². The number of rotatable bonds is 5. The molecule has 4 aromatic rings. The average molecular weight is 429 g/mol. The lowest BCUT2D eigenvalue weighted by Gasteiger charge is -2.25. The Morgan fingerprint density at radius 2 is 1.41 bits per heavy atom. The smallest absolute Gasteiger partial charge is 0.204 e. The summed E-state index contributed by atoms with van der Waals surface area (Å²) in [5.41, 5.74) is 4.58. The van der Waals surface area contributed by atoms with E-state index in [1.54, 1.807) is 28.4 Å². The molecule has 5 rings (SSSR count). The van der Waals surface area contributed by atoms with E-state index in [9.17, 15) is 0 Å². The van der Waals surface area contributed by atoms with Gasteiger partial charge in [0.15, 0.2) is 23.0 Å². The predicted octanol–water partition coefficient (Wildman–Crippen LogP) is 5.50. The normalized spacial score (nSPS) is 11.9. The Labute approximate surface area is 186 Å². The van der Waals surface area contributed by atoms with Crippen LogP contribution in [0, 0.1) is 0 Å². The minimum Gasteiger partial charge on any atom is -0.493 e. The van der Waals surface area contributed by atoms with Crippen LogP contribution >= 0.6 is 0 Å². The van der Waals surface area contributed by atoms with Crippen molar-refractivity contribution in [2.45, 2.75) is 6.61 Å². The van der Waals surface area contributed by atoms with Crippen molar-refractivity contribution in [2.75, 3.05) is 28.4 Å². The van der Waals surface area contributed by atoms with Gasteiger partial charge in [-0.05, 0) is 29.7 Å². The van der Waals surface area contributed by atoms with Crippen LogP contribution in [0.2, 0.25) is 0 Å². The molecule has 162 valence electrons. The fourth-order valence-electron chi connectivity index (χ4n) is 4.25. The number of pyridine rings is 1. The minimum absolute atomic E-state index is 0.347. The van der Waals surface area contributed by atoms with Gasteiger partial charge in [0.25, 0.3) is 0 Å². The lowest BCUT2D eigenvalue weighted by atomic mass is 9.93. The van der Waals surface area contributed by atoms with Crippen LogP contribution in [0.5, 0.6) is 28.7 Å². The van der Waals surface area contributed by atoms with E-state index in [1.807, 2.05) is 42.5 Å². The highest BCUT2D eigenvalue weighted by Crippen LogP contribution is 2.50. The third kappa shape index (κ3) is 2.99. The van der Waals surface area contributed by atoms with Gasteiger partial charge in [-0.3, -0.25) is 0 Å². The number of hydrogen-bond donors (Lipinski definition) is 0. The number of fused-ring (bicyclic) bond motifs is 5. The molecule has 6 nitrogen and oxygen atoms in total. The lowest BCUT2D eigenvalue weighted by molar-refractivity contribution is 0.273. The highest BCUT2D eigenvalue weighted by atomic mass is 16.5. The Kier molecular flexibility index (Phi) is 4.98. The van der Waals surface area contributed by atoms with Crippen LogP contribution in [0.25, 0.3) is 33.3 Å². The maximum atomic E-state index is 6.18. The fraction of sp³-hybridized carbons (Fsp3) is 0.192. The first-order valence-electron chi connectivity index (χ1n) is 10.2. The van der Waals surface area contributed by atoms with E-state index in [1.165, 1.54) is 0 Å². The quantitative estimate of drug-likeness (QED) is 0.418. The van der Waals surface area contributed by atoms with E-state index in [-0.39, 0.29) is 0 Å². The van der Waals surface area contributed by atoms with Crippen molar-refractivity contribution in [3.63, 3.8) is 0 Å². The molecule has 0 saturated carbocycles. The molecule has 0 spiro atoms. The Morgan fingerprint density at radius 1 is 0.719 bits per heavy atom. The van der Waals surface area contributed by atoms with Gasteiger partial charge in [0.05, 0.1) is 39.8 Å². The topological polar surface area (TPSA) is 59.0 Å². The van der Waals surface area contributed by atoms with Gasteiger partial charge in [-0.25, -0.2) is 4.98 Å². The average Bonchev–Trinajstić information content (AvgIpc) is 2.86. The second-order valence-corrected chi connectivity index (χ2v) is 7.37. The van der Waals surface area contributed by atoms with Gasteiger partial charge in [0.1, 0.15) is 6.61 Å². The Balaban J connectivity index is 1.88. The number of ether oxygens (including phenoxy) is 5. The van der Waals surface area contributed by atoms with Crippen LogP contribution in [-0.2, 0) is 6.61 Å². The number of methoxy groups -OCH3 is 4. The molecular formula is C26H23NO5. The summed E-state index contributed by atoms with van der Waals surface area (Å²) in [5.74, 6) is 3.12. The van der Waals surface area contributed by atoms with Crippen molar-refractivity contribution in [3.05, 3.63) is 60.2 Å². The Morgan fingerprint density at radius 3 is 2.06 bits per heavy atom. The minimum atomic E-state index is 0.347. The summed E-state index contributed by atoms with van der Waals surface area (Å²) in [4.78, 5) is 5.14. The zero-order chi connectivity index (χ0) is 22.2. The van der Waals surface area contributed by atoms with E-state index in [0.29, 0.717) is 35.4 Å². The first kappa shape index (κ1) is 20.0. The van der Waals surface area contributed by atoms with E-state index in [2.05, 4.69) is 12.1 Å². The van der Waals surface area contributed by atoms with Gasteiger partial charge >= 0.3 is 0 Å². The first-order chi connectivity index (χ1) is 15.7. The highest BCUT2D eigenvalue weighted by molar-refractivity contribution is 6.02. The molecule has 0 amide bonds. The van der Waals surface area contributed by atoms with Crippen LogP contribution in [0.1, 0.15) is 5.56 Å². The van der Waals surface area contributed by atoms with Gasteiger partial charge in [0.2, 0.25) is 5.75 Å². The number of benzene rings is 3.